The molecule has 2 aromatic rings. The van der Waals surface area contributed by atoms with E-state index in [1.165, 1.54) is 20.2 Å². The number of aromatic nitrogens is 2. The molecular weight excluding hydrogens is 304 g/mol. The molecule has 1 aromatic heterocycles. The van der Waals surface area contributed by atoms with E-state index in [2.05, 4.69) is 26.7 Å². The molecule has 0 atom stereocenters. The topological polar surface area (TPSA) is 59.1 Å². The molecular formula is C13H11F4N4O. The Labute approximate surface area is 123 Å². The fourth-order valence-electron chi connectivity index (χ4n) is 1.63. The predicted octanol–water partition coefficient (Wildman–Crippen LogP) is 3.23. The number of methoxy groups -OCH3 is 1. The molecule has 0 aliphatic carbocycles. The quantitative estimate of drug-likeness (QED) is 0.848. The molecule has 0 unspecified atom stereocenters. The second-order valence-corrected chi connectivity index (χ2v) is 4.09. The second-order valence-electron chi connectivity index (χ2n) is 4.09. The van der Waals surface area contributed by atoms with Gasteiger partial charge >= 0.3 is 6.18 Å². The first-order valence-corrected chi connectivity index (χ1v) is 5.99. The summed E-state index contributed by atoms with van der Waals surface area (Å²) in [7, 11) is 2.67. The smallest absolute Gasteiger partial charge is 0.421 e. The Bertz CT molecular complexity index is 676. The van der Waals surface area contributed by atoms with Crippen molar-refractivity contribution in [2.45, 2.75) is 6.18 Å². The molecule has 9 heteroatoms. The minimum atomic E-state index is -4.59. The predicted molar refractivity (Wildman–Crippen MR) is 71.7 cm³/mol. The van der Waals surface area contributed by atoms with Gasteiger partial charge in [-0.05, 0) is 6.07 Å². The van der Waals surface area contributed by atoms with Crippen molar-refractivity contribution in [2.75, 3.05) is 24.8 Å². The summed E-state index contributed by atoms with van der Waals surface area (Å²) in [5.74, 6) is -1.02. The first-order valence-electron chi connectivity index (χ1n) is 5.99. The number of rotatable bonds is 4. The molecule has 0 fully saturated rings. The zero-order valence-corrected chi connectivity index (χ0v) is 11.5. The van der Waals surface area contributed by atoms with Gasteiger partial charge in [-0.25, -0.2) is 9.37 Å². The van der Waals surface area contributed by atoms with E-state index in [9.17, 15) is 17.6 Å². The zero-order chi connectivity index (χ0) is 16.3. The van der Waals surface area contributed by atoms with Crippen LogP contribution in [-0.2, 0) is 6.18 Å². The van der Waals surface area contributed by atoms with Gasteiger partial charge < -0.3 is 15.4 Å². The molecule has 1 heterocycles. The summed E-state index contributed by atoms with van der Waals surface area (Å²) in [6, 6.07) is 4.84. The summed E-state index contributed by atoms with van der Waals surface area (Å²) in [5, 5.41) is 4.83. The third kappa shape index (κ3) is 3.35. The van der Waals surface area contributed by atoms with Crippen molar-refractivity contribution in [3.05, 3.63) is 35.8 Å². The number of nitrogens with one attached hydrogen (secondary N) is 2. The lowest BCUT2D eigenvalue weighted by atomic mass is 10.3. The van der Waals surface area contributed by atoms with Crippen molar-refractivity contribution >= 4 is 17.5 Å². The van der Waals surface area contributed by atoms with E-state index in [0.29, 0.717) is 6.20 Å². The molecule has 22 heavy (non-hydrogen) atoms. The fraction of sp³-hybridized carbons (Fsp3) is 0.231. The van der Waals surface area contributed by atoms with Crippen LogP contribution in [0.1, 0.15) is 5.56 Å². The van der Waals surface area contributed by atoms with Crippen LogP contribution >= 0.6 is 0 Å². The van der Waals surface area contributed by atoms with Gasteiger partial charge in [-0.15, -0.1) is 0 Å². The van der Waals surface area contributed by atoms with Crippen LogP contribution in [0.5, 0.6) is 5.75 Å². The maximum atomic E-state index is 13.6. The summed E-state index contributed by atoms with van der Waals surface area (Å²) < 4.78 is 56.7. The Morgan fingerprint density at radius 2 is 2.05 bits per heavy atom. The van der Waals surface area contributed by atoms with Gasteiger partial charge in [0.15, 0.2) is 0 Å². The Morgan fingerprint density at radius 3 is 2.64 bits per heavy atom. The van der Waals surface area contributed by atoms with Crippen molar-refractivity contribution in [3.8, 4) is 5.75 Å². The number of anilines is 3. The molecule has 1 aromatic carbocycles. The molecule has 0 saturated carbocycles. The van der Waals surface area contributed by atoms with E-state index in [1.54, 1.807) is 0 Å². The average Bonchev–Trinajstić information content (AvgIpc) is 2.48. The van der Waals surface area contributed by atoms with Crippen molar-refractivity contribution < 1.29 is 22.3 Å². The van der Waals surface area contributed by atoms with E-state index < -0.39 is 23.4 Å². The summed E-state index contributed by atoms with van der Waals surface area (Å²) in [6.07, 6.45) is -3.97. The number of hydrogen-bond donors (Lipinski definition) is 2. The van der Waals surface area contributed by atoms with Crippen LogP contribution in [0.15, 0.2) is 18.3 Å². The SMILES string of the molecule is CNc1nc(Nc2cc(OC)[c]cc2F)ncc1C(F)(F)F. The minimum Gasteiger partial charge on any atom is -0.496 e. The number of nitrogens with zero attached hydrogens (tertiary/aromatic N) is 2. The third-order valence-corrected chi connectivity index (χ3v) is 2.67. The van der Waals surface area contributed by atoms with E-state index >= 15 is 0 Å². The molecule has 117 valence electrons. The molecule has 0 amide bonds. The highest BCUT2D eigenvalue weighted by molar-refractivity contribution is 5.58. The first-order chi connectivity index (χ1) is 10.3. The highest BCUT2D eigenvalue weighted by Gasteiger charge is 2.35. The number of alkyl halides is 3. The summed E-state index contributed by atoms with van der Waals surface area (Å²) in [5.41, 5.74) is -1.06. The van der Waals surface area contributed by atoms with Crippen LogP contribution in [0.25, 0.3) is 0 Å². The number of ether oxygens (including phenoxy) is 1. The molecule has 0 aliphatic heterocycles. The highest BCUT2D eigenvalue weighted by Crippen LogP contribution is 2.34. The molecule has 0 saturated heterocycles. The molecule has 0 aliphatic rings. The third-order valence-electron chi connectivity index (χ3n) is 2.67. The molecule has 0 bridgehead atoms. The average molecular weight is 315 g/mol. The Hall–Kier alpha value is -2.58. The van der Waals surface area contributed by atoms with Gasteiger partial charge in [0.2, 0.25) is 5.95 Å². The van der Waals surface area contributed by atoms with E-state index in [0.717, 1.165) is 6.07 Å². The number of benzene rings is 1. The van der Waals surface area contributed by atoms with E-state index in [-0.39, 0.29) is 17.4 Å². The zero-order valence-electron chi connectivity index (χ0n) is 11.5. The Balaban J connectivity index is 2.35. The van der Waals surface area contributed by atoms with Crippen LogP contribution in [0, 0.1) is 11.9 Å². The Morgan fingerprint density at radius 1 is 1.32 bits per heavy atom. The van der Waals surface area contributed by atoms with Gasteiger partial charge in [-0.2, -0.15) is 18.2 Å². The van der Waals surface area contributed by atoms with Gasteiger partial charge in [0, 0.05) is 25.4 Å². The standard InChI is InChI=1S/C13H11F4N4O/c1-18-11-8(13(15,16)17)6-19-12(21-11)20-10-5-7(22-2)3-4-9(10)14/h4-6H,1-2H3,(H2,18,19,20,21). The number of hydrogen-bond acceptors (Lipinski definition) is 5. The molecule has 2 N–H and O–H groups in total. The fourth-order valence-corrected chi connectivity index (χ4v) is 1.63. The molecule has 2 rings (SSSR count). The van der Waals surface area contributed by atoms with Crippen LogP contribution in [0.4, 0.5) is 35.0 Å². The van der Waals surface area contributed by atoms with Crippen LogP contribution < -0.4 is 15.4 Å². The van der Waals surface area contributed by atoms with Crippen LogP contribution in [-0.4, -0.2) is 24.1 Å². The summed E-state index contributed by atoms with van der Waals surface area (Å²) >= 11 is 0. The van der Waals surface area contributed by atoms with E-state index in [4.69, 9.17) is 4.74 Å². The van der Waals surface area contributed by atoms with Gasteiger partial charge in [-0.3, -0.25) is 0 Å². The second kappa shape index (κ2) is 6.04. The minimum absolute atomic E-state index is 0.0441. The maximum absolute atomic E-state index is 13.6. The lowest BCUT2D eigenvalue weighted by Crippen LogP contribution is -2.12. The highest BCUT2D eigenvalue weighted by atomic mass is 19.4. The van der Waals surface area contributed by atoms with Gasteiger partial charge in [0.1, 0.15) is 22.9 Å². The van der Waals surface area contributed by atoms with Crippen molar-refractivity contribution in [2.24, 2.45) is 0 Å². The van der Waals surface area contributed by atoms with Gasteiger partial charge in [0.25, 0.3) is 0 Å². The maximum Gasteiger partial charge on any atom is 0.421 e. The van der Waals surface area contributed by atoms with Gasteiger partial charge in [-0.1, -0.05) is 0 Å². The van der Waals surface area contributed by atoms with Crippen molar-refractivity contribution in [1.29, 1.82) is 0 Å². The van der Waals surface area contributed by atoms with Crippen molar-refractivity contribution in [1.82, 2.24) is 9.97 Å². The number of halogens is 4. The molecule has 0 spiro atoms. The van der Waals surface area contributed by atoms with Crippen LogP contribution in [0.3, 0.4) is 0 Å². The summed E-state index contributed by atoms with van der Waals surface area (Å²) in [4.78, 5) is 7.22. The molecule has 1 radical (unpaired) electrons. The lowest BCUT2D eigenvalue weighted by Gasteiger charge is -2.13. The molecule has 5 nitrogen and oxygen atoms in total. The monoisotopic (exact) mass is 315 g/mol. The summed E-state index contributed by atoms with van der Waals surface area (Å²) in [6.45, 7) is 0. The Kier molecular flexibility index (Phi) is 4.34. The van der Waals surface area contributed by atoms with E-state index in [1.807, 2.05) is 0 Å². The first kappa shape index (κ1) is 15.8. The lowest BCUT2D eigenvalue weighted by molar-refractivity contribution is -0.137. The van der Waals surface area contributed by atoms with Crippen molar-refractivity contribution in [3.63, 3.8) is 0 Å². The normalized spacial score (nSPS) is 11.2. The van der Waals surface area contributed by atoms with Crippen LogP contribution in [0.2, 0.25) is 0 Å². The largest absolute Gasteiger partial charge is 0.496 e. The van der Waals surface area contributed by atoms with Gasteiger partial charge in [0.05, 0.1) is 12.8 Å².